The van der Waals surface area contributed by atoms with E-state index in [2.05, 4.69) is 5.32 Å². The van der Waals surface area contributed by atoms with E-state index < -0.39 is 11.6 Å². The summed E-state index contributed by atoms with van der Waals surface area (Å²) in [4.78, 5) is 0. The van der Waals surface area contributed by atoms with Crippen LogP contribution < -0.4 is 10.1 Å². The quantitative estimate of drug-likeness (QED) is 0.923. The molecule has 1 aromatic rings. The molecule has 0 radical (unpaired) electrons. The Morgan fingerprint density at radius 3 is 2.78 bits per heavy atom. The molecule has 0 saturated carbocycles. The van der Waals surface area contributed by atoms with Crippen molar-refractivity contribution < 1.29 is 23.0 Å². The lowest BCUT2D eigenvalue weighted by Gasteiger charge is -2.43. The number of hydrogen-bond acceptors (Lipinski definition) is 4. The minimum Gasteiger partial charge on any atom is -0.494 e. The zero-order valence-electron chi connectivity index (χ0n) is 13.4. The molecule has 1 atom stereocenters. The molecule has 0 bridgehead atoms. The van der Waals surface area contributed by atoms with Gasteiger partial charge in [0.1, 0.15) is 5.82 Å². The van der Waals surface area contributed by atoms with Crippen LogP contribution in [0.3, 0.4) is 0 Å². The minimum atomic E-state index is -0.632. The summed E-state index contributed by atoms with van der Waals surface area (Å²) in [7, 11) is 1.38. The first kappa shape index (κ1) is 16.6. The van der Waals surface area contributed by atoms with Gasteiger partial charge < -0.3 is 19.5 Å². The number of nitrogens with one attached hydrogen (secondary N) is 1. The van der Waals surface area contributed by atoms with Crippen LogP contribution in [0.1, 0.15) is 31.2 Å². The molecule has 2 aliphatic rings. The van der Waals surface area contributed by atoms with Crippen LogP contribution in [0.2, 0.25) is 0 Å². The van der Waals surface area contributed by atoms with Crippen LogP contribution in [0, 0.1) is 11.6 Å². The van der Waals surface area contributed by atoms with Crippen molar-refractivity contribution in [2.45, 2.75) is 43.9 Å². The van der Waals surface area contributed by atoms with Gasteiger partial charge in [-0.3, -0.25) is 0 Å². The standard InChI is InChI=1S/C17H23F2NO3/c1-21-15-3-2-14(18)13(16(15)19)11-20-12-4-7-23-17(10-12)5-8-22-9-6-17/h2-3,12,20H,4-11H2,1H3. The summed E-state index contributed by atoms with van der Waals surface area (Å²) in [5.41, 5.74) is -0.114. The van der Waals surface area contributed by atoms with Crippen molar-refractivity contribution in [1.29, 1.82) is 0 Å². The largest absolute Gasteiger partial charge is 0.494 e. The molecule has 2 fully saturated rings. The van der Waals surface area contributed by atoms with E-state index in [0.29, 0.717) is 19.8 Å². The highest BCUT2D eigenvalue weighted by Gasteiger charge is 2.38. The molecule has 6 heteroatoms. The second-order valence-corrected chi connectivity index (χ2v) is 6.26. The van der Waals surface area contributed by atoms with Gasteiger partial charge in [-0.2, -0.15) is 0 Å². The maximum atomic E-state index is 14.2. The van der Waals surface area contributed by atoms with Crippen LogP contribution in [0.4, 0.5) is 8.78 Å². The van der Waals surface area contributed by atoms with Crippen LogP contribution in [0.25, 0.3) is 0 Å². The van der Waals surface area contributed by atoms with E-state index in [1.54, 1.807) is 0 Å². The summed E-state index contributed by atoms with van der Waals surface area (Å²) in [5, 5.41) is 3.29. The molecule has 2 saturated heterocycles. The fourth-order valence-corrected chi connectivity index (χ4v) is 3.44. The van der Waals surface area contributed by atoms with Gasteiger partial charge in [0.15, 0.2) is 11.6 Å². The molecule has 0 aliphatic carbocycles. The molecule has 1 aromatic carbocycles. The van der Waals surface area contributed by atoms with Gasteiger partial charge in [-0.25, -0.2) is 8.78 Å². The van der Waals surface area contributed by atoms with Gasteiger partial charge in [-0.15, -0.1) is 0 Å². The molecule has 4 nitrogen and oxygen atoms in total. The topological polar surface area (TPSA) is 39.7 Å². The Bertz CT molecular complexity index is 541. The summed E-state index contributed by atoms with van der Waals surface area (Å²) >= 11 is 0. The van der Waals surface area contributed by atoms with Crippen LogP contribution in [0.5, 0.6) is 5.75 Å². The molecule has 0 amide bonds. The van der Waals surface area contributed by atoms with Crippen molar-refractivity contribution in [1.82, 2.24) is 5.32 Å². The first-order valence-corrected chi connectivity index (χ1v) is 8.09. The van der Waals surface area contributed by atoms with Gasteiger partial charge in [-0.1, -0.05) is 0 Å². The highest BCUT2D eigenvalue weighted by Crippen LogP contribution is 2.34. The van der Waals surface area contributed by atoms with Gasteiger partial charge in [0.05, 0.1) is 12.7 Å². The molecule has 3 rings (SSSR count). The Morgan fingerprint density at radius 1 is 1.26 bits per heavy atom. The van der Waals surface area contributed by atoms with Gasteiger partial charge in [0, 0.05) is 38.0 Å². The molecule has 1 N–H and O–H groups in total. The predicted octanol–water partition coefficient (Wildman–Crippen LogP) is 2.79. The summed E-state index contributed by atoms with van der Waals surface area (Å²) in [6, 6.07) is 2.73. The van der Waals surface area contributed by atoms with E-state index in [4.69, 9.17) is 14.2 Å². The monoisotopic (exact) mass is 327 g/mol. The third-order valence-corrected chi connectivity index (χ3v) is 4.84. The average molecular weight is 327 g/mol. The van der Waals surface area contributed by atoms with Crippen molar-refractivity contribution in [2.75, 3.05) is 26.9 Å². The number of benzene rings is 1. The van der Waals surface area contributed by atoms with Gasteiger partial charge in [-0.05, 0) is 37.8 Å². The molecule has 2 heterocycles. The number of methoxy groups -OCH3 is 1. The third-order valence-electron chi connectivity index (χ3n) is 4.84. The summed E-state index contributed by atoms with van der Waals surface area (Å²) in [5.74, 6) is -1.12. The molecule has 128 valence electrons. The molecular formula is C17H23F2NO3. The molecule has 2 aliphatic heterocycles. The number of ether oxygens (including phenoxy) is 3. The third kappa shape index (κ3) is 3.65. The lowest BCUT2D eigenvalue weighted by Crippen LogP contribution is -2.49. The second kappa shape index (κ2) is 7.11. The Morgan fingerprint density at radius 2 is 2.04 bits per heavy atom. The smallest absolute Gasteiger partial charge is 0.172 e. The summed E-state index contributed by atoms with van der Waals surface area (Å²) in [6.45, 7) is 2.24. The van der Waals surface area contributed by atoms with Crippen LogP contribution >= 0.6 is 0 Å². The molecule has 0 aromatic heterocycles. The summed E-state index contributed by atoms with van der Waals surface area (Å²) in [6.07, 6.45) is 3.46. The van der Waals surface area contributed by atoms with E-state index in [1.807, 2.05) is 0 Å². The lowest BCUT2D eigenvalue weighted by atomic mass is 9.84. The number of rotatable bonds is 4. The first-order chi connectivity index (χ1) is 11.1. The number of halogens is 2. The minimum absolute atomic E-state index is 0.0249. The van der Waals surface area contributed by atoms with E-state index in [0.717, 1.165) is 25.7 Å². The van der Waals surface area contributed by atoms with Crippen molar-refractivity contribution in [3.05, 3.63) is 29.3 Å². The molecule has 23 heavy (non-hydrogen) atoms. The second-order valence-electron chi connectivity index (χ2n) is 6.26. The highest BCUT2D eigenvalue weighted by molar-refractivity contribution is 5.32. The van der Waals surface area contributed by atoms with E-state index in [-0.39, 0.29) is 29.5 Å². The Balaban J connectivity index is 1.64. The van der Waals surface area contributed by atoms with Crippen molar-refractivity contribution in [3.63, 3.8) is 0 Å². The normalized spacial score (nSPS) is 23.9. The van der Waals surface area contributed by atoms with E-state index in [9.17, 15) is 8.78 Å². The first-order valence-electron chi connectivity index (χ1n) is 8.09. The Hall–Kier alpha value is -1.24. The van der Waals surface area contributed by atoms with E-state index in [1.165, 1.54) is 19.2 Å². The molecular weight excluding hydrogens is 304 g/mol. The van der Waals surface area contributed by atoms with Crippen molar-refractivity contribution in [3.8, 4) is 5.75 Å². The predicted molar refractivity (Wildman–Crippen MR) is 81.5 cm³/mol. The Labute approximate surface area is 135 Å². The average Bonchev–Trinajstić information content (AvgIpc) is 2.56. The highest BCUT2D eigenvalue weighted by atomic mass is 19.1. The zero-order chi connectivity index (χ0) is 16.3. The van der Waals surface area contributed by atoms with Crippen molar-refractivity contribution >= 4 is 0 Å². The van der Waals surface area contributed by atoms with Gasteiger partial charge >= 0.3 is 0 Å². The molecule has 1 spiro atoms. The lowest BCUT2D eigenvalue weighted by molar-refractivity contribution is -0.140. The zero-order valence-corrected chi connectivity index (χ0v) is 13.4. The van der Waals surface area contributed by atoms with Gasteiger partial charge in [0.25, 0.3) is 0 Å². The Kier molecular flexibility index (Phi) is 5.14. The number of hydrogen-bond donors (Lipinski definition) is 1. The van der Waals surface area contributed by atoms with Crippen LogP contribution in [-0.4, -0.2) is 38.6 Å². The molecule has 1 unspecified atom stereocenters. The van der Waals surface area contributed by atoms with Crippen LogP contribution in [0.15, 0.2) is 12.1 Å². The fourth-order valence-electron chi connectivity index (χ4n) is 3.44. The SMILES string of the molecule is COc1ccc(F)c(CNC2CCOC3(CCOCC3)C2)c1F. The van der Waals surface area contributed by atoms with Crippen LogP contribution in [-0.2, 0) is 16.0 Å². The van der Waals surface area contributed by atoms with Gasteiger partial charge in [0.2, 0.25) is 0 Å². The maximum Gasteiger partial charge on any atom is 0.172 e. The maximum absolute atomic E-state index is 14.2. The van der Waals surface area contributed by atoms with E-state index >= 15 is 0 Å². The van der Waals surface area contributed by atoms with Crippen molar-refractivity contribution in [2.24, 2.45) is 0 Å². The summed E-state index contributed by atoms with van der Waals surface area (Å²) < 4.78 is 44.4. The fraction of sp³-hybridized carbons (Fsp3) is 0.647.